The molecule has 0 unspecified atom stereocenters. The lowest BCUT2D eigenvalue weighted by atomic mass is 10.3. The molecular weight excluding hydrogens is 338 g/mol. The van der Waals surface area contributed by atoms with Crippen LogP contribution in [0.4, 0.5) is 5.69 Å². The fourth-order valence-electron chi connectivity index (χ4n) is 1.40. The standard InChI is InChI=1S/C12H9BrClNO2S/c13-10-4-8(14)1-2-11(10)15-5-9-3-7(6-18-9)12(16)17/h1-4,6,15H,5H2,(H,16,17). The van der Waals surface area contributed by atoms with E-state index in [9.17, 15) is 4.79 Å². The second-order valence-electron chi connectivity index (χ2n) is 3.58. The molecule has 0 saturated heterocycles. The zero-order chi connectivity index (χ0) is 13.1. The number of aromatic carboxylic acids is 1. The van der Waals surface area contributed by atoms with Crippen molar-refractivity contribution >= 4 is 50.5 Å². The number of benzene rings is 1. The van der Waals surface area contributed by atoms with Crippen LogP contribution in [0.2, 0.25) is 5.02 Å². The third-order valence-electron chi connectivity index (χ3n) is 2.28. The summed E-state index contributed by atoms with van der Waals surface area (Å²) in [7, 11) is 0. The molecule has 6 heteroatoms. The summed E-state index contributed by atoms with van der Waals surface area (Å²) in [5, 5.41) is 14.3. The zero-order valence-corrected chi connectivity index (χ0v) is 12.3. The van der Waals surface area contributed by atoms with Crippen LogP contribution in [0.25, 0.3) is 0 Å². The maximum atomic E-state index is 10.7. The summed E-state index contributed by atoms with van der Waals surface area (Å²) in [6, 6.07) is 7.15. The summed E-state index contributed by atoms with van der Waals surface area (Å²) < 4.78 is 0.880. The van der Waals surface area contributed by atoms with Crippen LogP contribution in [-0.4, -0.2) is 11.1 Å². The monoisotopic (exact) mass is 345 g/mol. The van der Waals surface area contributed by atoms with Gasteiger partial charge in [0.05, 0.1) is 5.56 Å². The molecular formula is C12H9BrClNO2S. The minimum atomic E-state index is -0.898. The third-order valence-corrected chi connectivity index (χ3v) is 4.11. The van der Waals surface area contributed by atoms with Crippen molar-refractivity contribution in [1.82, 2.24) is 0 Å². The number of hydrogen-bond acceptors (Lipinski definition) is 3. The van der Waals surface area contributed by atoms with E-state index in [1.165, 1.54) is 11.3 Å². The van der Waals surface area contributed by atoms with Crippen LogP contribution in [-0.2, 0) is 6.54 Å². The molecule has 0 radical (unpaired) electrons. The van der Waals surface area contributed by atoms with Crippen molar-refractivity contribution < 1.29 is 9.90 Å². The number of nitrogens with one attached hydrogen (secondary N) is 1. The Morgan fingerprint density at radius 1 is 1.44 bits per heavy atom. The Hall–Kier alpha value is -1.04. The van der Waals surface area contributed by atoms with E-state index in [4.69, 9.17) is 16.7 Å². The first kappa shape index (κ1) is 13.4. The van der Waals surface area contributed by atoms with Gasteiger partial charge in [0.1, 0.15) is 0 Å². The van der Waals surface area contributed by atoms with Crippen LogP contribution in [0.5, 0.6) is 0 Å². The highest BCUT2D eigenvalue weighted by atomic mass is 79.9. The number of carbonyl (C=O) groups is 1. The highest BCUT2D eigenvalue weighted by Crippen LogP contribution is 2.27. The Balaban J connectivity index is 2.04. The lowest BCUT2D eigenvalue weighted by Crippen LogP contribution is -1.98. The molecule has 1 aromatic heterocycles. The number of rotatable bonds is 4. The molecule has 1 aromatic carbocycles. The summed E-state index contributed by atoms with van der Waals surface area (Å²) in [6.45, 7) is 0.582. The molecule has 2 aromatic rings. The van der Waals surface area contributed by atoms with E-state index < -0.39 is 5.97 Å². The Labute approximate surface area is 122 Å². The van der Waals surface area contributed by atoms with E-state index in [0.29, 0.717) is 17.1 Å². The molecule has 0 bridgehead atoms. The fourth-order valence-corrected chi connectivity index (χ4v) is 3.02. The molecule has 0 spiro atoms. The summed E-state index contributed by atoms with van der Waals surface area (Å²) in [5.41, 5.74) is 1.25. The van der Waals surface area contributed by atoms with Gasteiger partial charge in [-0.05, 0) is 40.2 Å². The van der Waals surface area contributed by atoms with Crippen molar-refractivity contribution in [3.63, 3.8) is 0 Å². The second-order valence-corrected chi connectivity index (χ2v) is 5.87. The summed E-state index contributed by atoms with van der Waals surface area (Å²) >= 11 is 10.7. The smallest absolute Gasteiger partial charge is 0.336 e. The van der Waals surface area contributed by atoms with Crippen molar-refractivity contribution in [2.24, 2.45) is 0 Å². The molecule has 18 heavy (non-hydrogen) atoms. The minimum absolute atomic E-state index is 0.326. The SMILES string of the molecule is O=C(O)c1csc(CNc2ccc(Cl)cc2Br)c1. The fraction of sp³-hybridized carbons (Fsp3) is 0.0833. The van der Waals surface area contributed by atoms with Gasteiger partial charge in [0, 0.05) is 32.0 Å². The van der Waals surface area contributed by atoms with E-state index in [1.807, 2.05) is 6.07 Å². The van der Waals surface area contributed by atoms with E-state index in [1.54, 1.807) is 23.6 Å². The Morgan fingerprint density at radius 2 is 2.22 bits per heavy atom. The minimum Gasteiger partial charge on any atom is -0.478 e. The largest absolute Gasteiger partial charge is 0.478 e. The van der Waals surface area contributed by atoms with Gasteiger partial charge in [-0.2, -0.15) is 0 Å². The first-order chi connectivity index (χ1) is 8.56. The number of thiophene rings is 1. The first-order valence-corrected chi connectivity index (χ1v) is 7.11. The van der Waals surface area contributed by atoms with Crippen molar-refractivity contribution in [2.75, 3.05) is 5.32 Å². The predicted octanol–water partition coefficient (Wildman–Crippen LogP) is 4.47. The van der Waals surface area contributed by atoms with E-state index in [0.717, 1.165) is 15.0 Å². The highest BCUT2D eigenvalue weighted by Gasteiger charge is 2.07. The van der Waals surface area contributed by atoms with Crippen molar-refractivity contribution in [1.29, 1.82) is 0 Å². The molecule has 0 fully saturated rings. The van der Waals surface area contributed by atoms with Gasteiger partial charge in [-0.15, -0.1) is 11.3 Å². The summed E-state index contributed by atoms with van der Waals surface area (Å²) in [5.74, 6) is -0.898. The van der Waals surface area contributed by atoms with E-state index >= 15 is 0 Å². The number of hydrogen-bond donors (Lipinski definition) is 2. The average Bonchev–Trinajstić information content (AvgIpc) is 2.76. The van der Waals surface area contributed by atoms with Crippen LogP contribution >= 0.6 is 38.9 Å². The highest BCUT2D eigenvalue weighted by molar-refractivity contribution is 9.10. The maximum absolute atomic E-state index is 10.7. The lowest BCUT2D eigenvalue weighted by Gasteiger charge is -2.07. The predicted molar refractivity (Wildman–Crippen MR) is 77.8 cm³/mol. The molecule has 0 saturated carbocycles. The molecule has 94 valence electrons. The molecule has 0 aliphatic heterocycles. The van der Waals surface area contributed by atoms with Crippen LogP contribution in [0.15, 0.2) is 34.1 Å². The van der Waals surface area contributed by atoms with Crippen LogP contribution in [0, 0.1) is 0 Å². The quantitative estimate of drug-likeness (QED) is 0.858. The van der Waals surface area contributed by atoms with Crippen LogP contribution in [0.1, 0.15) is 15.2 Å². The summed E-state index contributed by atoms with van der Waals surface area (Å²) in [6.07, 6.45) is 0. The molecule has 3 nitrogen and oxygen atoms in total. The Morgan fingerprint density at radius 3 is 2.83 bits per heavy atom. The van der Waals surface area contributed by atoms with Gasteiger partial charge >= 0.3 is 5.97 Å². The van der Waals surface area contributed by atoms with Crippen LogP contribution < -0.4 is 5.32 Å². The molecule has 2 rings (SSSR count). The number of carboxylic acid groups (broad SMARTS) is 1. The molecule has 0 aliphatic carbocycles. The van der Waals surface area contributed by atoms with Crippen molar-refractivity contribution in [3.05, 3.63) is 49.6 Å². The van der Waals surface area contributed by atoms with Gasteiger partial charge in [0.25, 0.3) is 0 Å². The lowest BCUT2D eigenvalue weighted by molar-refractivity contribution is 0.0697. The topological polar surface area (TPSA) is 49.3 Å². The zero-order valence-electron chi connectivity index (χ0n) is 9.11. The van der Waals surface area contributed by atoms with Gasteiger partial charge in [0.15, 0.2) is 0 Å². The van der Waals surface area contributed by atoms with Gasteiger partial charge in [-0.25, -0.2) is 4.79 Å². The van der Waals surface area contributed by atoms with Gasteiger partial charge in [-0.1, -0.05) is 11.6 Å². The van der Waals surface area contributed by atoms with E-state index in [-0.39, 0.29) is 0 Å². The number of halogens is 2. The average molecular weight is 347 g/mol. The second kappa shape index (κ2) is 5.73. The molecule has 2 N–H and O–H groups in total. The maximum Gasteiger partial charge on any atom is 0.336 e. The van der Waals surface area contributed by atoms with Crippen molar-refractivity contribution in [2.45, 2.75) is 6.54 Å². The number of anilines is 1. The van der Waals surface area contributed by atoms with Gasteiger partial charge < -0.3 is 10.4 Å². The van der Waals surface area contributed by atoms with Crippen LogP contribution in [0.3, 0.4) is 0 Å². The number of carboxylic acids is 1. The van der Waals surface area contributed by atoms with Crippen molar-refractivity contribution in [3.8, 4) is 0 Å². The Kier molecular flexibility index (Phi) is 4.27. The molecule has 0 atom stereocenters. The molecule has 1 heterocycles. The van der Waals surface area contributed by atoms with Gasteiger partial charge in [0.2, 0.25) is 0 Å². The Bertz CT molecular complexity index is 585. The van der Waals surface area contributed by atoms with E-state index in [2.05, 4.69) is 21.2 Å². The third kappa shape index (κ3) is 3.25. The van der Waals surface area contributed by atoms with Gasteiger partial charge in [-0.3, -0.25) is 0 Å². The molecule has 0 aliphatic rings. The summed E-state index contributed by atoms with van der Waals surface area (Å²) in [4.78, 5) is 11.7. The normalized spacial score (nSPS) is 10.3. The molecule has 0 amide bonds. The first-order valence-electron chi connectivity index (χ1n) is 5.06.